The molecule has 1 aromatic carbocycles. The fourth-order valence-electron chi connectivity index (χ4n) is 1.90. The van der Waals surface area contributed by atoms with E-state index in [4.69, 9.17) is 18.0 Å². The van der Waals surface area contributed by atoms with Crippen molar-refractivity contribution in [2.45, 2.75) is 32.9 Å². The summed E-state index contributed by atoms with van der Waals surface area (Å²) in [5.74, 6) is 0. The third-order valence-electron chi connectivity index (χ3n) is 2.79. The first-order valence-corrected chi connectivity index (χ1v) is 6.17. The molecule has 2 N–H and O–H groups in total. The van der Waals surface area contributed by atoms with Crippen molar-refractivity contribution in [3.05, 3.63) is 35.9 Å². The Hall–Kier alpha value is -0.930. The average Bonchev–Trinajstić information content (AvgIpc) is 2.29. The van der Waals surface area contributed by atoms with Crippen LogP contribution in [0.25, 0.3) is 0 Å². The van der Waals surface area contributed by atoms with Crippen molar-refractivity contribution in [1.82, 2.24) is 4.90 Å². The fourth-order valence-corrected chi connectivity index (χ4v) is 2.22. The average molecular weight is 236 g/mol. The summed E-state index contributed by atoms with van der Waals surface area (Å²) in [5.41, 5.74) is 7.07. The van der Waals surface area contributed by atoms with Gasteiger partial charge in [-0.3, -0.25) is 4.90 Å². The molecule has 2 nitrogen and oxygen atoms in total. The molecule has 88 valence electrons. The summed E-state index contributed by atoms with van der Waals surface area (Å²) >= 11 is 5.11. The summed E-state index contributed by atoms with van der Waals surface area (Å²) in [6.45, 7) is 6.14. The minimum atomic E-state index is 0.209. The van der Waals surface area contributed by atoms with Gasteiger partial charge in [-0.25, -0.2) is 0 Å². The molecule has 0 bridgehead atoms. The van der Waals surface area contributed by atoms with Crippen LogP contribution in [0.2, 0.25) is 0 Å². The summed E-state index contributed by atoms with van der Waals surface area (Å²) in [5, 5.41) is 0. The van der Waals surface area contributed by atoms with Crippen molar-refractivity contribution in [3.8, 4) is 0 Å². The van der Waals surface area contributed by atoms with Gasteiger partial charge in [0.25, 0.3) is 0 Å². The molecule has 0 fully saturated rings. The number of thiocarbonyl (C=S) groups is 1. The third kappa shape index (κ3) is 3.58. The van der Waals surface area contributed by atoms with E-state index in [0.29, 0.717) is 4.99 Å². The first-order chi connectivity index (χ1) is 7.69. The van der Waals surface area contributed by atoms with Gasteiger partial charge >= 0.3 is 0 Å². The molecule has 0 saturated heterocycles. The normalized spacial score (nSPS) is 12.7. The molecule has 0 aliphatic heterocycles. The van der Waals surface area contributed by atoms with Gasteiger partial charge in [0.05, 0.1) is 11.0 Å². The number of hydrogen-bond donors (Lipinski definition) is 1. The Balaban J connectivity index is 2.71. The van der Waals surface area contributed by atoms with Crippen LogP contribution in [0.5, 0.6) is 0 Å². The lowest BCUT2D eigenvalue weighted by molar-refractivity contribution is 0.241. The van der Waals surface area contributed by atoms with E-state index in [1.54, 1.807) is 0 Å². The minimum Gasteiger partial charge on any atom is -0.392 e. The van der Waals surface area contributed by atoms with E-state index in [9.17, 15) is 0 Å². The highest BCUT2D eigenvalue weighted by Gasteiger charge is 2.17. The van der Waals surface area contributed by atoms with Crippen LogP contribution in [0.3, 0.4) is 0 Å². The summed E-state index contributed by atoms with van der Waals surface area (Å²) in [6, 6.07) is 10.6. The number of rotatable bonds is 6. The molecule has 0 aliphatic rings. The molecule has 0 radical (unpaired) electrons. The zero-order valence-corrected chi connectivity index (χ0v) is 10.8. The second-order valence-corrected chi connectivity index (χ2v) is 4.35. The maximum atomic E-state index is 5.77. The molecular weight excluding hydrogens is 216 g/mol. The van der Waals surface area contributed by atoms with Crippen molar-refractivity contribution in [1.29, 1.82) is 0 Å². The zero-order valence-electron chi connectivity index (χ0n) is 10.0. The summed E-state index contributed by atoms with van der Waals surface area (Å²) in [6.07, 6.45) is 0.968. The van der Waals surface area contributed by atoms with E-state index in [-0.39, 0.29) is 6.04 Å². The van der Waals surface area contributed by atoms with Crippen molar-refractivity contribution < 1.29 is 0 Å². The molecule has 1 unspecified atom stereocenters. The number of hydrogen-bond acceptors (Lipinski definition) is 2. The predicted octanol–water partition coefficient (Wildman–Crippen LogP) is 2.57. The highest BCUT2D eigenvalue weighted by Crippen LogP contribution is 2.10. The largest absolute Gasteiger partial charge is 0.392 e. The first-order valence-electron chi connectivity index (χ1n) is 5.76. The van der Waals surface area contributed by atoms with Crippen LogP contribution in [-0.4, -0.2) is 22.5 Å². The number of benzene rings is 1. The molecule has 0 amide bonds. The van der Waals surface area contributed by atoms with Crippen LogP contribution in [-0.2, 0) is 6.54 Å². The molecule has 0 spiro atoms. The number of likely N-dealkylation sites (N-methyl/N-ethyl adjacent to an activating group) is 1. The van der Waals surface area contributed by atoms with Gasteiger partial charge in [-0.05, 0) is 18.5 Å². The van der Waals surface area contributed by atoms with Crippen molar-refractivity contribution in [3.63, 3.8) is 0 Å². The maximum absolute atomic E-state index is 5.77. The molecule has 1 aromatic rings. The summed E-state index contributed by atoms with van der Waals surface area (Å²) in [7, 11) is 0. The van der Waals surface area contributed by atoms with Crippen LogP contribution in [0.1, 0.15) is 25.8 Å². The van der Waals surface area contributed by atoms with E-state index >= 15 is 0 Å². The number of nitrogens with two attached hydrogens (primary N) is 1. The SMILES string of the molecule is CCC(C(N)=S)N(CC)Cc1ccccc1. The first kappa shape index (κ1) is 13.1. The Bertz CT molecular complexity index is 324. The van der Waals surface area contributed by atoms with Crippen molar-refractivity contribution in [2.75, 3.05) is 6.54 Å². The quantitative estimate of drug-likeness (QED) is 0.770. The molecule has 0 saturated carbocycles. The van der Waals surface area contributed by atoms with Crippen LogP contribution >= 0.6 is 12.2 Å². The van der Waals surface area contributed by atoms with E-state index in [2.05, 4.69) is 43.0 Å². The molecule has 1 rings (SSSR count). The van der Waals surface area contributed by atoms with Gasteiger partial charge in [-0.15, -0.1) is 0 Å². The lowest BCUT2D eigenvalue weighted by atomic mass is 10.1. The molecule has 1 atom stereocenters. The fraction of sp³-hybridized carbons (Fsp3) is 0.462. The Labute approximate surface area is 103 Å². The predicted molar refractivity (Wildman–Crippen MR) is 73.4 cm³/mol. The maximum Gasteiger partial charge on any atom is 0.0902 e. The van der Waals surface area contributed by atoms with Gasteiger partial charge in [0.1, 0.15) is 0 Å². The van der Waals surface area contributed by atoms with Gasteiger partial charge in [0, 0.05) is 6.54 Å². The highest BCUT2D eigenvalue weighted by molar-refractivity contribution is 7.80. The van der Waals surface area contributed by atoms with Crippen LogP contribution < -0.4 is 5.73 Å². The highest BCUT2D eigenvalue weighted by atomic mass is 32.1. The van der Waals surface area contributed by atoms with Crippen molar-refractivity contribution >= 4 is 17.2 Å². The number of nitrogens with zero attached hydrogens (tertiary/aromatic N) is 1. The van der Waals surface area contributed by atoms with E-state index < -0.39 is 0 Å². The van der Waals surface area contributed by atoms with Gasteiger partial charge in [-0.2, -0.15) is 0 Å². The van der Waals surface area contributed by atoms with E-state index in [0.717, 1.165) is 19.5 Å². The molecule has 0 heterocycles. The molecule has 16 heavy (non-hydrogen) atoms. The zero-order chi connectivity index (χ0) is 12.0. The van der Waals surface area contributed by atoms with Gasteiger partial charge < -0.3 is 5.73 Å². The molecule has 0 aliphatic carbocycles. The van der Waals surface area contributed by atoms with Gasteiger partial charge in [-0.1, -0.05) is 56.4 Å². The minimum absolute atomic E-state index is 0.209. The Morgan fingerprint density at radius 3 is 2.38 bits per heavy atom. The molecule has 0 aromatic heterocycles. The standard InChI is InChI=1S/C13H20N2S/c1-3-12(13(14)16)15(4-2)10-11-8-6-5-7-9-11/h5-9,12H,3-4,10H2,1-2H3,(H2,14,16). The van der Waals surface area contributed by atoms with Crippen LogP contribution in [0.4, 0.5) is 0 Å². The van der Waals surface area contributed by atoms with Gasteiger partial charge in [0.15, 0.2) is 0 Å². The van der Waals surface area contributed by atoms with E-state index in [1.165, 1.54) is 5.56 Å². The van der Waals surface area contributed by atoms with Crippen LogP contribution in [0, 0.1) is 0 Å². The Morgan fingerprint density at radius 1 is 1.31 bits per heavy atom. The second-order valence-electron chi connectivity index (χ2n) is 3.88. The molecule has 3 heteroatoms. The Kier molecular flexibility index (Phi) is 5.43. The summed E-state index contributed by atoms with van der Waals surface area (Å²) < 4.78 is 0. The monoisotopic (exact) mass is 236 g/mol. The van der Waals surface area contributed by atoms with E-state index in [1.807, 2.05) is 6.07 Å². The lowest BCUT2D eigenvalue weighted by Gasteiger charge is -2.29. The second kappa shape index (κ2) is 6.61. The van der Waals surface area contributed by atoms with Crippen LogP contribution in [0.15, 0.2) is 30.3 Å². The topological polar surface area (TPSA) is 29.3 Å². The summed E-state index contributed by atoms with van der Waals surface area (Å²) in [4.78, 5) is 2.91. The third-order valence-corrected chi connectivity index (χ3v) is 3.06. The van der Waals surface area contributed by atoms with Gasteiger partial charge in [0.2, 0.25) is 0 Å². The van der Waals surface area contributed by atoms with Crippen molar-refractivity contribution in [2.24, 2.45) is 5.73 Å². The Morgan fingerprint density at radius 2 is 1.94 bits per heavy atom. The smallest absolute Gasteiger partial charge is 0.0902 e. The lowest BCUT2D eigenvalue weighted by Crippen LogP contribution is -2.42. The molecular formula is C13H20N2S.